The van der Waals surface area contributed by atoms with Gasteiger partial charge in [-0.15, -0.1) is 0 Å². The number of amides is 1. The third-order valence-corrected chi connectivity index (χ3v) is 4.89. The van der Waals surface area contributed by atoms with E-state index >= 15 is 0 Å². The van der Waals surface area contributed by atoms with E-state index in [0.717, 1.165) is 48.4 Å². The maximum absolute atomic E-state index is 13.0. The molecule has 2 heterocycles. The number of ether oxygens (including phenoxy) is 1. The van der Waals surface area contributed by atoms with Gasteiger partial charge in [0.25, 0.3) is 5.91 Å². The maximum atomic E-state index is 13.0. The summed E-state index contributed by atoms with van der Waals surface area (Å²) in [4.78, 5) is 15.1. The van der Waals surface area contributed by atoms with Crippen LogP contribution in [0, 0.1) is 13.8 Å². The molecule has 1 amide bonds. The second kappa shape index (κ2) is 7.83. The molecular weight excluding hydrogens is 314 g/mol. The Hall–Kier alpha value is -2.14. The minimum Gasteiger partial charge on any atom is -0.380 e. The molecule has 1 aromatic carbocycles. The lowest BCUT2D eigenvalue weighted by molar-refractivity contribution is 0.0582. The number of hydrogen-bond donors (Lipinski definition) is 0. The standard InChI is InChI=1S/C20H27N3O2/c1-15-12-16(2)23(21-15)13-19-6-4-5-11-22(19)20(24)18-9-7-17(8-10-18)14-25-3/h7-10,12,19H,4-6,11,13-14H2,1-3H3. The van der Waals surface area contributed by atoms with Crippen LogP contribution in [-0.4, -0.2) is 40.3 Å². The van der Waals surface area contributed by atoms with Crippen LogP contribution >= 0.6 is 0 Å². The van der Waals surface area contributed by atoms with Crippen molar-refractivity contribution >= 4 is 5.91 Å². The van der Waals surface area contributed by atoms with Gasteiger partial charge in [-0.2, -0.15) is 5.10 Å². The summed E-state index contributed by atoms with van der Waals surface area (Å²) in [5.74, 6) is 0.121. The van der Waals surface area contributed by atoms with Gasteiger partial charge in [-0.3, -0.25) is 9.48 Å². The summed E-state index contributed by atoms with van der Waals surface area (Å²) in [7, 11) is 1.68. The Morgan fingerprint density at radius 1 is 1.24 bits per heavy atom. The molecule has 0 aliphatic carbocycles. The van der Waals surface area contributed by atoms with E-state index in [1.54, 1.807) is 7.11 Å². The van der Waals surface area contributed by atoms with E-state index in [4.69, 9.17) is 4.74 Å². The van der Waals surface area contributed by atoms with Gasteiger partial charge in [0.05, 0.1) is 24.9 Å². The molecule has 1 atom stereocenters. The van der Waals surface area contributed by atoms with Gasteiger partial charge in [-0.05, 0) is 56.9 Å². The summed E-state index contributed by atoms with van der Waals surface area (Å²) in [5, 5.41) is 4.57. The molecule has 1 unspecified atom stereocenters. The van der Waals surface area contributed by atoms with Gasteiger partial charge in [-0.1, -0.05) is 12.1 Å². The van der Waals surface area contributed by atoms with Crippen LogP contribution in [0.4, 0.5) is 0 Å². The van der Waals surface area contributed by atoms with Crippen molar-refractivity contribution in [2.24, 2.45) is 0 Å². The number of aromatic nitrogens is 2. The first kappa shape index (κ1) is 17.7. The Morgan fingerprint density at radius 2 is 2.00 bits per heavy atom. The molecule has 0 radical (unpaired) electrons. The van der Waals surface area contributed by atoms with Gasteiger partial charge in [0.1, 0.15) is 0 Å². The molecule has 3 rings (SSSR count). The topological polar surface area (TPSA) is 47.4 Å². The largest absolute Gasteiger partial charge is 0.380 e. The molecule has 0 N–H and O–H groups in total. The summed E-state index contributed by atoms with van der Waals surface area (Å²) >= 11 is 0. The molecular formula is C20H27N3O2. The minimum atomic E-state index is 0.121. The average Bonchev–Trinajstić information content (AvgIpc) is 2.93. The normalized spacial score (nSPS) is 17.7. The van der Waals surface area contributed by atoms with Crippen molar-refractivity contribution in [1.29, 1.82) is 0 Å². The highest BCUT2D eigenvalue weighted by atomic mass is 16.5. The van der Waals surface area contributed by atoms with Gasteiger partial charge in [0, 0.05) is 24.9 Å². The van der Waals surface area contributed by atoms with E-state index in [0.29, 0.717) is 6.61 Å². The van der Waals surface area contributed by atoms with Crippen molar-refractivity contribution in [2.45, 2.75) is 52.3 Å². The highest BCUT2D eigenvalue weighted by molar-refractivity contribution is 5.94. The molecule has 1 aliphatic heterocycles. The van der Waals surface area contributed by atoms with E-state index in [-0.39, 0.29) is 11.9 Å². The number of carbonyl (C=O) groups is 1. The number of aryl methyl sites for hydroxylation is 2. The Kier molecular flexibility index (Phi) is 5.53. The molecule has 1 aromatic heterocycles. The molecule has 2 aromatic rings. The van der Waals surface area contributed by atoms with Crippen molar-refractivity contribution in [2.75, 3.05) is 13.7 Å². The highest BCUT2D eigenvalue weighted by Gasteiger charge is 2.28. The first-order chi connectivity index (χ1) is 12.1. The fraction of sp³-hybridized carbons (Fsp3) is 0.500. The number of nitrogens with zero attached hydrogens (tertiary/aromatic N) is 3. The zero-order valence-corrected chi connectivity index (χ0v) is 15.4. The summed E-state index contributed by atoms with van der Waals surface area (Å²) in [6.45, 7) is 6.24. The molecule has 25 heavy (non-hydrogen) atoms. The molecule has 0 bridgehead atoms. The lowest BCUT2D eigenvalue weighted by Crippen LogP contribution is -2.46. The Bertz CT molecular complexity index is 721. The number of rotatable bonds is 5. The van der Waals surface area contributed by atoms with Crippen molar-refractivity contribution in [3.63, 3.8) is 0 Å². The minimum absolute atomic E-state index is 0.121. The number of piperidine rings is 1. The van der Waals surface area contributed by atoms with Crippen LogP contribution in [0.5, 0.6) is 0 Å². The summed E-state index contributed by atoms with van der Waals surface area (Å²) in [6.07, 6.45) is 3.27. The molecule has 1 fully saturated rings. The van der Waals surface area contributed by atoms with Crippen LogP contribution in [-0.2, 0) is 17.9 Å². The van der Waals surface area contributed by atoms with Crippen LogP contribution in [0.25, 0.3) is 0 Å². The van der Waals surface area contributed by atoms with Crippen molar-refractivity contribution < 1.29 is 9.53 Å². The lowest BCUT2D eigenvalue weighted by atomic mass is 10.00. The van der Waals surface area contributed by atoms with Crippen LogP contribution in [0.15, 0.2) is 30.3 Å². The Labute approximate surface area is 149 Å². The summed E-state index contributed by atoms with van der Waals surface area (Å²) < 4.78 is 7.17. The zero-order chi connectivity index (χ0) is 17.8. The van der Waals surface area contributed by atoms with E-state index in [1.807, 2.05) is 40.8 Å². The molecule has 0 spiro atoms. The van der Waals surface area contributed by atoms with E-state index in [9.17, 15) is 4.79 Å². The smallest absolute Gasteiger partial charge is 0.254 e. The van der Waals surface area contributed by atoms with E-state index in [1.165, 1.54) is 6.42 Å². The van der Waals surface area contributed by atoms with Gasteiger partial charge >= 0.3 is 0 Å². The van der Waals surface area contributed by atoms with Crippen molar-refractivity contribution in [1.82, 2.24) is 14.7 Å². The molecule has 134 valence electrons. The fourth-order valence-corrected chi connectivity index (χ4v) is 3.59. The van der Waals surface area contributed by atoms with E-state index < -0.39 is 0 Å². The predicted molar refractivity (Wildman–Crippen MR) is 97.5 cm³/mol. The van der Waals surface area contributed by atoms with Gasteiger partial charge in [-0.25, -0.2) is 0 Å². The summed E-state index contributed by atoms with van der Waals surface area (Å²) in [6, 6.07) is 10.0. The predicted octanol–water partition coefficient (Wildman–Crippen LogP) is 3.34. The fourth-order valence-electron chi connectivity index (χ4n) is 3.59. The van der Waals surface area contributed by atoms with Gasteiger partial charge in [0.15, 0.2) is 0 Å². The summed E-state index contributed by atoms with van der Waals surface area (Å²) in [5.41, 5.74) is 4.01. The first-order valence-corrected chi connectivity index (χ1v) is 8.98. The average molecular weight is 341 g/mol. The van der Waals surface area contributed by atoms with Crippen LogP contribution in [0.1, 0.15) is 46.6 Å². The second-order valence-electron chi connectivity index (χ2n) is 6.89. The number of benzene rings is 1. The Balaban J connectivity index is 1.75. The van der Waals surface area contributed by atoms with Crippen LogP contribution in [0.2, 0.25) is 0 Å². The number of hydrogen-bond acceptors (Lipinski definition) is 3. The molecule has 5 heteroatoms. The molecule has 0 saturated carbocycles. The van der Waals surface area contributed by atoms with E-state index in [2.05, 4.69) is 18.1 Å². The van der Waals surface area contributed by atoms with Gasteiger partial charge in [0.2, 0.25) is 0 Å². The SMILES string of the molecule is COCc1ccc(C(=O)N2CCCCC2Cn2nc(C)cc2C)cc1. The van der Waals surface area contributed by atoms with Gasteiger partial charge < -0.3 is 9.64 Å². The zero-order valence-electron chi connectivity index (χ0n) is 15.4. The lowest BCUT2D eigenvalue weighted by Gasteiger charge is -2.36. The van der Waals surface area contributed by atoms with Crippen LogP contribution < -0.4 is 0 Å². The first-order valence-electron chi connectivity index (χ1n) is 8.98. The monoisotopic (exact) mass is 341 g/mol. The molecule has 5 nitrogen and oxygen atoms in total. The number of methoxy groups -OCH3 is 1. The third-order valence-electron chi connectivity index (χ3n) is 4.89. The highest BCUT2D eigenvalue weighted by Crippen LogP contribution is 2.22. The third kappa shape index (κ3) is 4.10. The van der Waals surface area contributed by atoms with Crippen LogP contribution in [0.3, 0.4) is 0 Å². The van der Waals surface area contributed by atoms with Crippen molar-refractivity contribution in [3.05, 3.63) is 52.8 Å². The van der Waals surface area contributed by atoms with Crippen molar-refractivity contribution in [3.8, 4) is 0 Å². The maximum Gasteiger partial charge on any atom is 0.254 e. The second-order valence-corrected chi connectivity index (χ2v) is 6.89. The molecule has 1 aliphatic rings. The molecule has 1 saturated heterocycles. The quantitative estimate of drug-likeness (QED) is 0.838. The number of carbonyl (C=O) groups excluding carboxylic acids is 1. The Morgan fingerprint density at radius 3 is 2.64 bits per heavy atom. The number of likely N-dealkylation sites (tertiary alicyclic amines) is 1.